The fraction of sp³-hybridized carbons (Fsp3) is 0.611. The number of rotatable bonds is 3. The summed E-state index contributed by atoms with van der Waals surface area (Å²) in [4.78, 5) is 20.3. The third-order valence-corrected chi connectivity index (χ3v) is 5.80. The smallest absolute Gasteiger partial charge is 0.371 e. The maximum absolute atomic E-state index is 13.8. The third-order valence-electron chi connectivity index (χ3n) is 5.80. The molecule has 5 heterocycles. The average molecular weight is 411 g/mol. The molecule has 0 N–H and O–H groups in total. The summed E-state index contributed by atoms with van der Waals surface area (Å²) in [6.07, 6.45) is -1.34. The van der Waals surface area contributed by atoms with Gasteiger partial charge in [0.2, 0.25) is 5.95 Å². The van der Waals surface area contributed by atoms with Gasteiger partial charge < -0.3 is 19.1 Å². The summed E-state index contributed by atoms with van der Waals surface area (Å²) in [5, 5.41) is 3.74. The minimum absolute atomic E-state index is 0.0166. The first-order chi connectivity index (χ1) is 13.9. The fourth-order valence-corrected chi connectivity index (χ4v) is 4.44. The summed E-state index contributed by atoms with van der Waals surface area (Å²) in [5.41, 5.74) is -0.00798. The van der Waals surface area contributed by atoms with Gasteiger partial charge in [-0.1, -0.05) is 5.16 Å². The summed E-state index contributed by atoms with van der Waals surface area (Å²) >= 11 is 0. The predicted octanol–water partition coefficient (Wildman–Crippen LogP) is 1.94. The van der Waals surface area contributed by atoms with E-state index >= 15 is 0 Å². The first-order valence-electron chi connectivity index (χ1n) is 9.63. The van der Waals surface area contributed by atoms with Crippen LogP contribution in [0, 0.1) is 0 Å². The van der Waals surface area contributed by atoms with E-state index in [0.717, 1.165) is 17.7 Å². The van der Waals surface area contributed by atoms with Crippen LogP contribution in [0.5, 0.6) is 0 Å². The molecule has 3 atom stereocenters. The van der Waals surface area contributed by atoms with Crippen molar-refractivity contribution in [3.05, 3.63) is 34.4 Å². The van der Waals surface area contributed by atoms with Crippen molar-refractivity contribution in [1.29, 1.82) is 0 Å². The highest BCUT2D eigenvalue weighted by molar-refractivity contribution is 5.47. The largest absolute Gasteiger partial charge is 0.408 e. The summed E-state index contributed by atoms with van der Waals surface area (Å²) in [6, 6.07) is 1.17. The zero-order chi connectivity index (χ0) is 20.2. The summed E-state index contributed by atoms with van der Waals surface area (Å²) in [7, 11) is 0. The summed E-state index contributed by atoms with van der Waals surface area (Å²) in [6.45, 7) is 0.983. The van der Waals surface area contributed by atoms with Crippen LogP contribution in [-0.4, -0.2) is 52.2 Å². The van der Waals surface area contributed by atoms with Gasteiger partial charge in [0.1, 0.15) is 23.8 Å². The van der Waals surface area contributed by atoms with Crippen LogP contribution in [0.15, 0.2) is 27.7 Å². The number of hydrogen-bond acceptors (Lipinski definition) is 7. The molecule has 2 aromatic rings. The van der Waals surface area contributed by atoms with E-state index in [1.807, 2.05) is 4.90 Å². The minimum Gasteiger partial charge on any atom is -0.371 e. The van der Waals surface area contributed by atoms with Gasteiger partial charge in [-0.3, -0.25) is 9.36 Å². The monoisotopic (exact) mass is 411 g/mol. The molecule has 0 spiro atoms. The lowest BCUT2D eigenvalue weighted by Gasteiger charge is -2.39. The molecular formula is C18H20F3N5O3. The lowest BCUT2D eigenvalue weighted by atomic mass is 10.1. The molecule has 3 unspecified atom stereocenters. The van der Waals surface area contributed by atoms with Gasteiger partial charge in [0.15, 0.2) is 0 Å². The van der Waals surface area contributed by atoms with Gasteiger partial charge in [0.25, 0.3) is 5.56 Å². The van der Waals surface area contributed by atoms with Gasteiger partial charge in [0.05, 0.1) is 18.8 Å². The predicted molar refractivity (Wildman–Crippen MR) is 95.8 cm³/mol. The Morgan fingerprint density at radius 2 is 1.93 bits per heavy atom. The number of nitrogens with zero attached hydrogens (tertiary/aromatic N) is 5. The first kappa shape index (κ1) is 18.5. The van der Waals surface area contributed by atoms with Crippen LogP contribution in [0.4, 0.5) is 24.9 Å². The number of ether oxygens (including phenoxy) is 1. The lowest BCUT2D eigenvalue weighted by Crippen LogP contribution is -2.52. The van der Waals surface area contributed by atoms with Crippen molar-refractivity contribution in [3.8, 4) is 0 Å². The Hall–Kier alpha value is -2.56. The number of halogens is 3. The van der Waals surface area contributed by atoms with Crippen LogP contribution in [-0.2, 0) is 17.8 Å². The van der Waals surface area contributed by atoms with E-state index in [-0.39, 0.29) is 43.2 Å². The quantitative estimate of drug-likeness (QED) is 0.764. The van der Waals surface area contributed by atoms with Gasteiger partial charge in [-0.05, 0) is 19.3 Å². The molecular weight excluding hydrogens is 391 g/mol. The molecule has 29 heavy (non-hydrogen) atoms. The van der Waals surface area contributed by atoms with Crippen molar-refractivity contribution >= 4 is 11.8 Å². The molecule has 11 heteroatoms. The van der Waals surface area contributed by atoms with E-state index in [1.54, 1.807) is 0 Å². The SMILES string of the molecule is O=c1cc(N2CC3CCC(C2)O3)nc2n1CCC(C(F)(F)F)N2Cc1ccon1. The van der Waals surface area contributed by atoms with Crippen molar-refractivity contribution in [2.75, 3.05) is 22.9 Å². The molecule has 5 rings (SSSR count). The van der Waals surface area contributed by atoms with Gasteiger partial charge in [-0.15, -0.1) is 0 Å². The minimum atomic E-state index is -4.46. The second-order valence-electron chi connectivity index (χ2n) is 7.73. The standard InChI is InChI=1S/C18H20F3N5O3/c19-18(20,21)14-3-5-25-16(27)7-15(24-9-12-1-2-13(10-24)29-12)22-17(25)26(14)8-11-4-6-28-23-11/h4,6-7,12-14H,1-3,5,8-10H2. The molecule has 0 saturated carbocycles. The lowest BCUT2D eigenvalue weighted by molar-refractivity contribution is -0.153. The van der Waals surface area contributed by atoms with Crippen LogP contribution < -0.4 is 15.4 Å². The van der Waals surface area contributed by atoms with Crippen LogP contribution in [0.2, 0.25) is 0 Å². The zero-order valence-corrected chi connectivity index (χ0v) is 15.5. The molecule has 0 aromatic carbocycles. The van der Waals surface area contributed by atoms with Crippen LogP contribution in [0.1, 0.15) is 25.0 Å². The van der Waals surface area contributed by atoms with Gasteiger partial charge in [-0.25, -0.2) is 0 Å². The van der Waals surface area contributed by atoms with Crippen molar-refractivity contribution in [2.45, 2.75) is 56.8 Å². The molecule has 3 aliphatic heterocycles. The van der Waals surface area contributed by atoms with E-state index in [1.165, 1.54) is 23.0 Å². The zero-order valence-electron chi connectivity index (χ0n) is 15.5. The van der Waals surface area contributed by atoms with Crippen LogP contribution in [0.3, 0.4) is 0 Å². The molecule has 2 bridgehead atoms. The second-order valence-corrected chi connectivity index (χ2v) is 7.73. The normalized spacial score (nSPS) is 26.7. The molecule has 0 aliphatic carbocycles. The van der Waals surface area contributed by atoms with Crippen LogP contribution in [0.25, 0.3) is 0 Å². The molecule has 0 amide bonds. The van der Waals surface area contributed by atoms with Crippen molar-refractivity contribution in [1.82, 2.24) is 14.7 Å². The van der Waals surface area contributed by atoms with Crippen LogP contribution >= 0.6 is 0 Å². The first-order valence-corrected chi connectivity index (χ1v) is 9.63. The Morgan fingerprint density at radius 3 is 2.59 bits per heavy atom. The highest BCUT2D eigenvalue weighted by Gasteiger charge is 2.47. The molecule has 156 valence electrons. The average Bonchev–Trinajstić information content (AvgIpc) is 3.30. The highest BCUT2D eigenvalue weighted by atomic mass is 19.4. The van der Waals surface area contributed by atoms with Gasteiger partial charge >= 0.3 is 6.18 Å². The van der Waals surface area contributed by atoms with Gasteiger partial charge in [-0.2, -0.15) is 18.2 Å². The Kier molecular flexibility index (Phi) is 4.30. The molecule has 3 aliphatic rings. The molecule has 8 nitrogen and oxygen atoms in total. The number of hydrogen-bond donors (Lipinski definition) is 0. The third kappa shape index (κ3) is 3.37. The fourth-order valence-electron chi connectivity index (χ4n) is 4.44. The van der Waals surface area contributed by atoms with E-state index in [9.17, 15) is 18.0 Å². The maximum Gasteiger partial charge on any atom is 0.408 e. The topological polar surface area (TPSA) is 76.6 Å². The Bertz CT molecular complexity index is 933. The maximum atomic E-state index is 13.8. The van der Waals surface area contributed by atoms with E-state index in [4.69, 9.17) is 9.26 Å². The number of fused-ring (bicyclic) bond motifs is 3. The number of morpholine rings is 1. The molecule has 2 fully saturated rings. The van der Waals surface area contributed by atoms with Crippen molar-refractivity contribution in [3.63, 3.8) is 0 Å². The molecule has 0 radical (unpaired) electrons. The van der Waals surface area contributed by atoms with Gasteiger partial charge in [0, 0.05) is 31.8 Å². The van der Waals surface area contributed by atoms with E-state index < -0.39 is 12.2 Å². The van der Waals surface area contributed by atoms with E-state index in [0.29, 0.717) is 24.6 Å². The number of anilines is 2. The van der Waals surface area contributed by atoms with Crippen molar-refractivity contribution in [2.24, 2.45) is 0 Å². The highest BCUT2D eigenvalue weighted by Crippen LogP contribution is 2.36. The summed E-state index contributed by atoms with van der Waals surface area (Å²) < 4.78 is 53.1. The molecule has 2 aromatic heterocycles. The number of aromatic nitrogens is 3. The second kappa shape index (κ2) is 6.75. The summed E-state index contributed by atoms with van der Waals surface area (Å²) in [5.74, 6) is 0.414. The Morgan fingerprint density at radius 1 is 1.17 bits per heavy atom. The Balaban J connectivity index is 1.55. The number of alkyl halides is 3. The Labute approximate surface area is 163 Å². The van der Waals surface area contributed by atoms with Crippen molar-refractivity contribution < 1.29 is 22.4 Å². The van der Waals surface area contributed by atoms with E-state index in [2.05, 4.69) is 10.1 Å². The molecule has 2 saturated heterocycles.